The first-order chi connectivity index (χ1) is 7.24. The van der Waals surface area contributed by atoms with Gasteiger partial charge in [0, 0.05) is 11.0 Å². The molecule has 0 spiro atoms. The molecule has 0 aliphatic carbocycles. The smallest absolute Gasteiger partial charge is 0.147 e. The van der Waals surface area contributed by atoms with Gasteiger partial charge in [-0.1, -0.05) is 15.9 Å². The van der Waals surface area contributed by atoms with Crippen LogP contribution in [0.1, 0.15) is 6.42 Å². The van der Waals surface area contributed by atoms with Gasteiger partial charge in [0.2, 0.25) is 0 Å². The summed E-state index contributed by atoms with van der Waals surface area (Å²) in [6, 6.07) is 5.60. The second-order valence-electron chi connectivity index (χ2n) is 4.09. The SMILES string of the molecule is Fc1cc(Br)ccc1N1CC2CC1CO2. The minimum Gasteiger partial charge on any atom is -0.374 e. The minimum absolute atomic E-state index is 0.156. The van der Waals surface area contributed by atoms with Crippen LogP contribution in [-0.2, 0) is 4.74 Å². The number of ether oxygens (including phenoxy) is 1. The fraction of sp³-hybridized carbons (Fsp3) is 0.455. The molecule has 2 nitrogen and oxygen atoms in total. The summed E-state index contributed by atoms with van der Waals surface area (Å²) in [6.45, 7) is 1.56. The highest BCUT2D eigenvalue weighted by Gasteiger charge is 2.39. The first kappa shape index (κ1) is 9.60. The van der Waals surface area contributed by atoms with Crippen molar-refractivity contribution < 1.29 is 9.13 Å². The number of hydrogen-bond acceptors (Lipinski definition) is 2. The third-order valence-corrected chi connectivity index (χ3v) is 3.61. The molecule has 15 heavy (non-hydrogen) atoms. The van der Waals surface area contributed by atoms with Gasteiger partial charge in [-0.2, -0.15) is 0 Å². The number of benzene rings is 1. The van der Waals surface area contributed by atoms with Gasteiger partial charge >= 0.3 is 0 Å². The number of morpholine rings is 1. The standard InChI is InChI=1S/C11H11BrFNO/c12-7-1-2-11(10(13)3-7)14-5-9-4-8(14)6-15-9/h1-3,8-9H,4-6H2. The van der Waals surface area contributed by atoms with Gasteiger partial charge in [-0.3, -0.25) is 0 Å². The van der Waals surface area contributed by atoms with Crippen LogP contribution in [0.25, 0.3) is 0 Å². The number of rotatable bonds is 1. The average molecular weight is 272 g/mol. The Morgan fingerprint density at radius 3 is 2.93 bits per heavy atom. The van der Waals surface area contributed by atoms with Gasteiger partial charge < -0.3 is 9.64 Å². The lowest BCUT2D eigenvalue weighted by molar-refractivity contribution is 0.0989. The monoisotopic (exact) mass is 271 g/mol. The molecule has 2 fully saturated rings. The van der Waals surface area contributed by atoms with Crippen molar-refractivity contribution >= 4 is 21.6 Å². The molecular weight excluding hydrogens is 261 g/mol. The summed E-state index contributed by atoms with van der Waals surface area (Å²) < 4.78 is 20.0. The Bertz CT molecular complexity index is 398. The second-order valence-corrected chi connectivity index (χ2v) is 5.01. The van der Waals surface area contributed by atoms with E-state index in [2.05, 4.69) is 20.8 Å². The third kappa shape index (κ3) is 1.56. The largest absolute Gasteiger partial charge is 0.374 e. The molecule has 2 saturated heterocycles. The summed E-state index contributed by atoms with van der Waals surface area (Å²) in [4.78, 5) is 2.12. The van der Waals surface area contributed by atoms with Crippen molar-refractivity contribution in [1.29, 1.82) is 0 Å². The van der Waals surface area contributed by atoms with E-state index in [0.29, 0.717) is 17.8 Å². The van der Waals surface area contributed by atoms with Gasteiger partial charge in [-0.15, -0.1) is 0 Å². The summed E-state index contributed by atoms with van der Waals surface area (Å²) in [6.07, 6.45) is 1.34. The van der Waals surface area contributed by atoms with Gasteiger partial charge in [0.1, 0.15) is 5.82 Å². The molecule has 3 rings (SSSR count). The molecule has 0 amide bonds. The van der Waals surface area contributed by atoms with Crippen molar-refractivity contribution in [3.8, 4) is 0 Å². The highest BCUT2D eigenvalue weighted by atomic mass is 79.9. The molecule has 2 heterocycles. The molecule has 4 heteroatoms. The van der Waals surface area contributed by atoms with E-state index >= 15 is 0 Å². The Labute approximate surface area is 96.2 Å². The van der Waals surface area contributed by atoms with Crippen molar-refractivity contribution in [3.05, 3.63) is 28.5 Å². The van der Waals surface area contributed by atoms with Crippen LogP contribution in [0, 0.1) is 5.82 Å². The van der Waals surface area contributed by atoms with E-state index in [-0.39, 0.29) is 5.82 Å². The van der Waals surface area contributed by atoms with E-state index < -0.39 is 0 Å². The fourth-order valence-corrected chi connectivity index (χ4v) is 2.74. The summed E-state index contributed by atoms with van der Waals surface area (Å²) in [7, 11) is 0. The molecule has 0 radical (unpaired) electrons. The maximum atomic E-state index is 13.7. The van der Waals surface area contributed by atoms with Crippen LogP contribution in [-0.4, -0.2) is 25.3 Å². The van der Waals surface area contributed by atoms with Crippen molar-refractivity contribution in [3.63, 3.8) is 0 Å². The van der Waals surface area contributed by atoms with E-state index in [4.69, 9.17) is 4.74 Å². The number of anilines is 1. The molecule has 2 aliphatic rings. The van der Waals surface area contributed by atoms with E-state index in [9.17, 15) is 4.39 Å². The first-order valence-electron chi connectivity index (χ1n) is 5.07. The van der Waals surface area contributed by atoms with Gasteiger partial charge in [0.15, 0.2) is 0 Å². The molecule has 2 atom stereocenters. The van der Waals surface area contributed by atoms with Crippen molar-refractivity contribution in [2.75, 3.05) is 18.1 Å². The Morgan fingerprint density at radius 2 is 2.33 bits per heavy atom. The van der Waals surface area contributed by atoms with E-state index in [0.717, 1.165) is 24.0 Å². The molecule has 80 valence electrons. The predicted octanol–water partition coefficient (Wildman–Crippen LogP) is 2.57. The zero-order valence-electron chi connectivity index (χ0n) is 8.12. The summed E-state index contributed by atoms with van der Waals surface area (Å²) in [5.74, 6) is -0.156. The van der Waals surface area contributed by atoms with E-state index in [1.165, 1.54) is 6.07 Å². The zero-order valence-corrected chi connectivity index (χ0v) is 9.71. The van der Waals surface area contributed by atoms with Crippen LogP contribution < -0.4 is 4.90 Å². The van der Waals surface area contributed by atoms with Gasteiger partial charge in [0.05, 0.1) is 24.4 Å². The second kappa shape index (κ2) is 3.46. The number of hydrogen-bond donors (Lipinski definition) is 0. The number of fused-ring (bicyclic) bond motifs is 2. The normalized spacial score (nSPS) is 28.8. The van der Waals surface area contributed by atoms with E-state index in [1.807, 2.05) is 12.1 Å². The molecule has 0 N–H and O–H groups in total. The molecule has 1 aromatic rings. The quantitative estimate of drug-likeness (QED) is 0.779. The number of halogens is 2. The molecule has 2 unspecified atom stereocenters. The van der Waals surface area contributed by atoms with Crippen LogP contribution in [0.2, 0.25) is 0 Å². The maximum absolute atomic E-state index is 13.7. The van der Waals surface area contributed by atoms with Crippen LogP contribution in [0.15, 0.2) is 22.7 Å². The van der Waals surface area contributed by atoms with Crippen molar-refractivity contribution in [2.45, 2.75) is 18.6 Å². The summed E-state index contributed by atoms with van der Waals surface area (Å²) >= 11 is 3.26. The van der Waals surface area contributed by atoms with Crippen molar-refractivity contribution in [2.24, 2.45) is 0 Å². The lowest BCUT2D eigenvalue weighted by Gasteiger charge is -2.29. The molecule has 0 aromatic heterocycles. The summed E-state index contributed by atoms with van der Waals surface area (Å²) in [5.41, 5.74) is 0.703. The molecular formula is C11H11BrFNO. The highest BCUT2D eigenvalue weighted by Crippen LogP contribution is 2.34. The molecule has 2 aliphatic heterocycles. The highest BCUT2D eigenvalue weighted by molar-refractivity contribution is 9.10. The Hall–Kier alpha value is -0.610. The predicted molar refractivity (Wildman–Crippen MR) is 59.6 cm³/mol. The lowest BCUT2D eigenvalue weighted by atomic mass is 10.2. The van der Waals surface area contributed by atoms with Crippen LogP contribution in [0.5, 0.6) is 0 Å². The third-order valence-electron chi connectivity index (χ3n) is 3.12. The maximum Gasteiger partial charge on any atom is 0.147 e. The van der Waals surface area contributed by atoms with E-state index in [1.54, 1.807) is 0 Å². The molecule has 1 aromatic carbocycles. The zero-order chi connectivity index (χ0) is 10.4. The fourth-order valence-electron chi connectivity index (χ4n) is 2.41. The Kier molecular flexibility index (Phi) is 2.21. The number of nitrogens with zero attached hydrogens (tertiary/aromatic N) is 1. The lowest BCUT2D eigenvalue weighted by Crippen LogP contribution is -2.37. The Morgan fingerprint density at radius 1 is 1.47 bits per heavy atom. The van der Waals surface area contributed by atoms with Gasteiger partial charge in [-0.05, 0) is 24.6 Å². The van der Waals surface area contributed by atoms with Crippen LogP contribution >= 0.6 is 15.9 Å². The first-order valence-corrected chi connectivity index (χ1v) is 5.86. The molecule has 0 saturated carbocycles. The van der Waals surface area contributed by atoms with Gasteiger partial charge in [-0.25, -0.2) is 4.39 Å². The van der Waals surface area contributed by atoms with Crippen LogP contribution in [0.3, 0.4) is 0 Å². The van der Waals surface area contributed by atoms with Crippen molar-refractivity contribution in [1.82, 2.24) is 0 Å². The summed E-state index contributed by atoms with van der Waals surface area (Å²) in [5, 5.41) is 0. The Balaban J connectivity index is 1.93. The average Bonchev–Trinajstić information content (AvgIpc) is 2.78. The minimum atomic E-state index is -0.156. The topological polar surface area (TPSA) is 12.5 Å². The van der Waals surface area contributed by atoms with Gasteiger partial charge in [0.25, 0.3) is 0 Å². The molecule has 2 bridgehead atoms. The van der Waals surface area contributed by atoms with Crippen LogP contribution in [0.4, 0.5) is 10.1 Å².